The molecule has 2 aromatic heterocycles. The van der Waals surface area contributed by atoms with E-state index >= 15 is 0 Å². The lowest BCUT2D eigenvalue weighted by Gasteiger charge is -2.08. The van der Waals surface area contributed by atoms with Gasteiger partial charge in [0.25, 0.3) is 0 Å². The Morgan fingerprint density at radius 1 is 1.24 bits per heavy atom. The summed E-state index contributed by atoms with van der Waals surface area (Å²) < 4.78 is 1.88. The van der Waals surface area contributed by atoms with Crippen LogP contribution in [0.4, 0.5) is 0 Å². The van der Waals surface area contributed by atoms with Crippen LogP contribution in [0.15, 0.2) is 36.7 Å². The van der Waals surface area contributed by atoms with E-state index in [9.17, 15) is 0 Å². The maximum absolute atomic E-state index is 4.60. The maximum Gasteiger partial charge on any atom is 0.0831 e. The Morgan fingerprint density at radius 3 is 2.76 bits per heavy atom. The molecule has 4 heteroatoms. The smallest absolute Gasteiger partial charge is 0.0831 e. The fourth-order valence-corrected chi connectivity index (χ4v) is 1.58. The molecular weight excluding hydrogens is 212 g/mol. The monoisotopic (exact) mass is 230 g/mol. The molecule has 0 aliphatic rings. The Bertz CT molecular complexity index is 448. The zero-order valence-corrected chi connectivity index (χ0v) is 10.3. The van der Waals surface area contributed by atoms with Crippen LogP contribution >= 0.6 is 0 Å². The minimum absolute atomic E-state index is 0.478. The summed E-state index contributed by atoms with van der Waals surface area (Å²) in [5.41, 5.74) is 2.11. The minimum Gasteiger partial charge on any atom is -0.309 e. The van der Waals surface area contributed by atoms with Crippen molar-refractivity contribution < 1.29 is 0 Å². The van der Waals surface area contributed by atoms with E-state index in [-0.39, 0.29) is 0 Å². The lowest BCUT2D eigenvalue weighted by molar-refractivity contribution is 0.578. The van der Waals surface area contributed by atoms with Crippen LogP contribution in [0.2, 0.25) is 0 Å². The predicted octanol–water partition coefficient (Wildman–Crippen LogP) is 1.82. The molecule has 0 aliphatic carbocycles. The van der Waals surface area contributed by atoms with Gasteiger partial charge in [0, 0.05) is 25.0 Å². The van der Waals surface area contributed by atoms with Gasteiger partial charge in [-0.05, 0) is 18.2 Å². The lowest BCUT2D eigenvalue weighted by atomic mass is 10.3. The van der Waals surface area contributed by atoms with Gasteiger partial charge in [0.15, 0.2) is 0 Å². The lowest BCUT2D eigenvalue weighted by Crippen LogP contribution is -2.22. The summed E-state index contributed by atoms with van der Waals surface area (Å²) in [7, 11) is 0. The third-order valence-corrected chi connectivity index (χ3v) is 2.44. The molecule has 0 aromatic carbocycles. The van der Waals surface area contributed by atoms with Gasteiger partial charge in [0.1, 0.15) is 0 Å². The zero-order valence-electron chi connectivity index (χ0n) is 10.3. The first kappa shape index (κ1) is 11.8. The molecule has 0 amide bonds. The summed E-state index contributed by atoms with van der Waals surface area (Å²) in [6.45, 7) is 5.80. The van der Waals surface area contributed by atoms with E-state index in [0.29, 0.717) is 6.04 Å². The number of aromatic nitrogens is 3. The second-order valence-corrected chi connectivity index (χ2v) is 4.36. The summed E-state index contributed by atoms with van der Waals surface area (Å²) in [4.78, 5) is 4.60. The van der Waals surface area contributed by atoms with E-state index in [0.717, 1.165) is 24.5 Å². The molecule has 0 atom stereocenters. The van der Waals surface area contributed by atoms with Gasteiger partial charge in [0.2, 0.25) is 0 Å². The first-order valence-electron chi connectivity index (χ1n) is 5.89. The van der Waals surface area contributed by atoms with Gasteiger partial charge < -0.3 is 5.32 Å². The fourth-order valence-electron chi connectivity index (χ4n) is 1.58. The topological polar surface area (TPSA) is 42.7 Å². The van der Waals surface area contributed by atoms with Crippen LogP contribution in [0.25, 0.3) is 0 Å². The third-order valence-electron chi connectivity index (χ3n) is 2.44. The normalized spacial score (nSPS) is 11.0. The number of rotatable bonds is 5. The van der Waals surface area contributed by atoms with Crippen LogP contribution in [-0.2, 0) is 13.1 Å². The molecule has 1 N–H and O–H groups in total. The summed E-state index contributed by atoms with van der Waals surface area (Å²) >= 11 is 0. The minimum atomic E-state index is 0.478. The van der Waals surface area contributed by atoms with Crippen LogP contribution in [-0.4, -0.2) is 20.8 Å². The van der Waals surface area contributed by atoms with Crippen LogP contribution in [0.3, 0.4) is 0 Å². The van der Waals surface area contributed by atoms with Gasteiger partial charge >= 0.3 is 0 Å². The van der Waals surface area contributed by atoms with Gasteiger partial charge in [0.05, 0.1) is 17.9 Å². The van der Waals surface area contributed by atoms with Crippen LogP contribution < -0.4 is 5.32 Å². The Kier molecular flexibility index (Phi) is 3.88. The molecule has 0 saturated carbocycles. The largest absolute Gasteiger partial charge is 0.309 e. The molecule has 0 radical (unpaired) electrons. The molecule has 0 aliphatic heterocycles. The Balaban J connectivity index is 2.01. The molecule has 0 saturated heterocycles. The first-order valence-corrected chi connectivity index (χ1v) is 5.89. The van der Waals surface area contributed by atoms with Gasteiger partial charge in [-0.3, -0.25) is 9.67 Å². The van der Waals surface area contributed by atoms with E-state index < -0.39 is 0 Å². The third kappa shape index (κ3) is 3.67. The Hall–Kier alpha value is -1.68. The van der Waals surface area contributed by atoms with Crippen molar-refractivity contribution in [3.63, 3.8) is 0 Å². The average molecular weight is 230 g/mol. The molecule has 90 valence electrons. The van der Waals surface area contributed by atoms with Crippen LogP contribution in [0.5, 0.6) is 0 Å². The molecular formula is C13H18N4. The van der Waals surface area contributed by atoms with Crippen molar-refractivity contribution in [3.8, 4) is 0 Å². The van der Waals surface area contributed by atoms with E-state index in [1.807, 2.05) is 35.1 Å². The number of nitrogens with zero attached hydrogens (tertiary/aromatic N) is 3. The second-order valence-electron chi connectivity index (χ2n) is 4.36. The van der Waals surface area contributed by atoms with Crippen molar-refractivity contribution in [1.29, 1.82) is 0 Å². The van der Waals surface area contributed by atoms with Crippen molar-refractivity contribution in [2.75, 3.05) is 0 Å². The Morgan fingerprint density at radius 2 is 2.06 bits per heavy atom. The summed E-state index contributed by atoms with van der Waals surface area (Å²) in [6, 6.07) is 8.52. The molecule has 0 fully saturated rings. The van der Waals surface area contributed by atoms with Gasteiger partial charge in [-0.1, -0.05) is 19.9 Å². The fraction of sp³-hybridized carbons (Fsp3) is 0.385. The van der Waals surface area contributed by atoms with Crippen LogP contribution in [0.1, 0.15) is 25.2 Å². The van der Waals surface area contributed by atoms with Crippen molar-refractivity contribution in [1.82, 2.24) is 20.1 Å². The molecule has 0 bridgehead atoms. The van der Waals surface area contributed by atoms with Crippen LogP contribution in [0, 0.1) is 0 Å². The molecule has 2 aromatic rings. The van der Waals surface area contributed by atoms with Crippen molar-refractivity contribution in [2.45, 2.75) is 33.0 Å². The van der Waals surface area contributed by atoms with E-state index in [1.165, 1.54) is 0 Å². The highest BCUT2D eigenvalue weighted by Gasteiger charge is 2.00. The number of hydrogen-bond donors (Lipinski definition) is 1. The molecule has 17 heavy (non-hydrogen) atoms. The summed E-state index contributed by atoms with van der Waals surface area (Å²) in [5.74, 6) is 0. The summed E-state index contributed by atoms with van der Waals surface area (Å²) in [6.07, 6.45) is 3.73. The van der Waals surface area contributed by atoms with E-state index in [4.69, 9.17) is 0 Å². The molecule has 4 nitrogen and oxygen atoms in total. The van der Waals surface area contributed by atoms with E-state index in [1.54, 1.807) is 6.20 Å². The van der Waals surface area contributed by atoms with Crippen molar-refractivity contribution >= 4 is 0 Å². The number of nitrogens with one attached hydrogen (secondary N) is 1. The predicted molar refractivity (Wildman–Crippen MR) is 67.5 cm³/mol. The highest BCUT2D eigenvalue weighted by Crippen LogP contribution is 2.02. The second kappa shape index (κ2) is 5.59. The van der Waals surface area contributed by atoms with Gasteiger partial charge in [-0.25, -0.2) is 0 Å². The van der Waals surface area contributed by atoms with Gasteiger partial charge in [-0.2, -0.15) is 5.10 Å². The van der Waals surface area contributed by atoms with E-state index in [2.05, 4.69) is 29.2 Å². The van der Waals surface area contributed by atoms with Gasteiger partial charge in [-0.15, -0.1) is 0 Å². The SMILES string of the molecule is CC(C)NCc1cccc(Cn2cccn2)n1. The highest BCUT2D eigenvalue weighted by molar-refractivity contribution is 5.11. The number of pyridine rings is 1. The zero-order chi connectivity index (χ0) is 12.1. The summed E-state index contributed by atoms with van der Waals surface area (Å²) in [5, 5.41) is 7.54. The molecule has 0 spiro atoms. The average Bonchev–Trinajstić information content (AvgIpc) is 2.80. The Labute approximate surface area is 102 Å². The molecule has 0 unspecified atom stereocenters. The first-order chi connectivity index (χ1) is 8.24. The van der Waals surface area contributed by atoms with Crippen molar-refractivity contribution in [2.24, 2.45) is 0 Å². The standard InChI is InChI=1S/C13H18N4/c1-11(2)14-9-12-5-3-6-13(16-12)10-17-8-4-7-15-17/h3-8,11,14H,9-10H2,1-2H3. The quantitative estimate of drug-likeness (QED) is 0.852. The number of hydrogen-bond acceptors (Lipinski definition) is 3. The van der Waals surface area contributed by atoms with Crippen molar-refractivity contribution in [3.05, 3.63) is 48.0 Å². The highest BCUT2D eigenvalue weighted by atomic mass is 15.3. The maximum atomic E-state index is 4.60. The molecule has 2 rings (SSSR count). The molecule has 2 heterocycles.